The van der Waals surface area contributed by atoms with Gasteiger partial charge in [-0.3, -0.25) is 9.13 Å². The molecular weight excluding hydrogens is 965 g/mol. The Morgan fingerprint density at radius 3 is 1.00 bits per heavy atom. The van der Waals surface area contributed by atoms with Crippen LogP contribution in [-0.2, 0) is 10.8 Å². The van der Waals surface area contributed by atoms with E-state index in [1.807, 2.05) is 48.5 Å². The average Bonchev–Trinajstić information content (AvgIpc) is 2.63. The summed E-state index contributed by atoms with van der Waals surface area (Å²) in [5.41, 5.74) is 10.7. The zero-order valence-electron chi connectivity index (χ0n) is 41.3. The van der Waals surface area contributed by atoms with Crippen molar-refractivity contribution in [3.05, 3.63) is 275 Å². The van der Waals surface area contributed by atoms with Gasteiger partial charge in [0.05, 0.1) is 22.1 Å². The van der Waals surface area contributed by atoms with Gasteiger partial charge in [-0.05, 0) is 72.8 Å². The molecular formula is C70H38N2O6. The molecule has 0 atom stereocenters. The van der Waals surface area contributed by atoms with E-state index >= 15 is 0 Å². The largest absolute Gasteiger partial charge is 0.457 e. The van der Waals surface area contributed by atoms with Crippen LogP contribution in [0.2, 0.25) is 0 Å². The van der Waals surface area contributed by atoms with Gasteiger partial charge in [-0.2, -0.15) is 0 Å². The average molecular weight is 1000 g/mol. The molecule has 2 aliphatic heterocycles. The molecule has 8 heteroatoms. The van der Waals surface area contributed by atoms with Crippen molar-refractivity contribution >= 4 is 87.5 Å². The third kappa shape index (κ3) is 4.84. The highest BCUT2D eigenvalue weighted by Crippen LogP contribution is 2.68. The van der Waals surface area contributed by atoms with Gasteiger partial charge >= 0.3 is 0 Å². The topological polar surface area (TPSA) is 80.9 Å². The van der Waals surface area contributed by atoms with Gasteiger partial charge in [-0.1, -0.05) is 146 Å². The quantitative estimate of drug-likeness (QED) is 0.172. The lowest BCUT2D eigenvalue weighted by Gasteiger charge is -2.48. The summed E-state index contributed by atoms with van der Waals surface area (Å²) in [5, 5.41) is 8.46. The van der Waals surface area contributed by atoms with Crippen molar-refractivity contribution in [1.29, 1.82) is 0 Å². The van der Waals surface area contributed by atoms with E-state index < -0.39 is 10.8 Å². The molecule has 78 heavy (non-hydrogen) atoms. The maximum absolute atomic E-state index is 8.07. The Morgan fingerprint density at radius 1 is 0.244 bits per heavy atom. The minimum Gasteiger partial charge on any atom is -0.457 e. The normalized spacial score (nSPS) is 14.6. The van der Waals surface area contributed by atoms with Crippen LogP contribution < -0.4 is 9.47 Å². The highest BCUT2D eigenvalue weighted by atomic mass is 16.5. The molecule has 364 valence electrons. The van der Waals surface area contributed by atoms with Crippen LogP contribution in [0.4, 0.5) is 0 Å². The molecule has 0 amide bonds. The van der Waals surface area contributed by atoms with Crippen molar-refractivity contribution in [3.8, 4) is 34.8 Å². The lowest BCUT2D eigenvalue weighted by atomic mass is 9.54. The van der Waals surface area contributed by atoms with Gasteiger partial charge in [0.1, 0.15) is 67.7 Å². The maximum atomic E-state index is 8.07. The van der Waals surface area contributed by atoms with Gasteiger partial charge in [-0.15, -0.1) is 0 Å². The Labute approximate surface area is 442 Å². The molecule has 3 aliphatic rings. The fourth-order valence-corrected chi connectivity index (χ4v) is 14.2. The van der Waals surface area contributed by atoms with Crippen molar-refractivity contribution in [2.75, 3.05) is 0 Å². The minimum absolute atomic E-state index is 0.657. The molecule has 6 aromatic heterocycles. The van der Waals surface area contributed by atoms with E-state index in [2.05, 4.69) is 191 Å². The van der Waals surface area contributed by atoms with E-state index in [0.29, 0.717) is 11.8 Å². The second-order valence-electron chi connectivity index (χ2n) is 21.0. The van der Waals surface area contributed by atoms with Crippen molar-refractivity contribution in [2.45, 2.75) is 10.8 Å². The van der Waals surface area contributed by atoms with Gasteiger partial charge in [0.25, 0.3) is 0 Å². The molecule has 0 bridgehead atoms. The molecule has 0 N–H and O–H groups in total. The first-order chi connectivity index (χ1) is 38.6. The molecule has 0 unspecified atom stereocenters. The van der Waals surface area contributed by atoms with Crippen LogP contribution in [0.5, 0.6) is 23.0 Å². The Kier molecular flexibility index (Phi) is 7.48. The van der Waals surface area contributed by atoms with E-state index in [9.17, 15) is 0 Å². The van der Waals surface area contributed by atoms with E-state index in [1.54, 1.807) is 0 Å². The van der Waals surface area contributed by atoms with Crippen LogP contribution in [0.15, 0.2) is 248 Å². The van der Waals surface area contributed by atoms with E-state index in [0.717, 1.165) is 155 Å². The Balaban J connectivity index is 1.00. The fraction of sp³-hybridized carbons (Fsp3) is 0.0286. The summed E-state index contributed by atoms with van der Waals surface area (Å²) in [6.07, 6.45) is 0. The SMILES string of the molecule is c1ccc2c(c1)Oc1ccccc1C21c2cc(-n3c4ccccc4c4cc5oc6ccccc6c5cc43)oc2C2(c3ccccc3Oc3ccccc32)c2cc(-n3c4ccccc4c4cc5oc6ccccc6c5cc43)oc21. The Hall–Kier alpha value is -10.4. The molecule has 0 radical (unpaired) electrons. The number of nitrogens with zero attached hydrogens (tertiary/aromatic N) is 2. The summed E-state index contributed by atoms with van der Waals surface area (Å²) >= 11 is 0. The number of rotatable bonds is 2. The summed E-state index contributed by atoms with van der Waals surface area (Å²) in [6, 6.07) is 80.8. The van der Waals surface area contributed by atoms with Crippen molar-refractivity contribution in [2.24, 2.45) is 0 Å². The van der Waals surface area contributed by atoms with Crippen molar-refractivity contribution in [1.82, 2.24) is 9.13 Å². The van der Waals surface area contributed by atoms with Gasteiger partial charge < -0.3 is 27.1 Å². The van der Waals surface area contributed by atoms with Crippen molar-refractivity contribution in [3.63, 3.8) is 0 Å². The molecule has 8 nitrogen and oxygen atoms in total. The molecule has 19 rings (SSSR count). The second kappa shape index (κ2) is 14.3. The summed E-state index contributed by atoms with van der Waals surface area (Å²) < 4.78 is 47.8. The summed E-state index contributed by atoms with van der Waals surface area (Å²) in [7, 11) is 0. The van der Waals surface area contributed by atoms with Crippen LogP contribution in [0.1, 0.15) is 44.9 Å². The predicted molar refractivity (Wildman–Crippen MR) is 305 cm³/mol. The van der Waals surface area contributed by atoms with E-state index in [4.69, 9.17) is 27.1 Å². The molecule has 0 saturated heterocycles. The number of hydrogen-bond donors (Lipinski definition) is 0. The molecule has 2 spiro atoms. The minimum atomic E-state index is -1.14. The smallest absolute Gasteiger partial charge is 0.205 e. The zero-order valence-corrected chi connectivity index (χ0v) is 41.3. The number of benzene rings is 10. The predicted octanol–water partition coefficient (Wildman–Crippen LogP) is 18.2. The Morgan fingerprint density at radius 2 is 0.590 bits per heavy atom. The van der Waals surface area contributed by atoms with Crippen LogP contribution >= 0.6 is 0 Å². The van der Waals surface area contributed by atoms with Gasteiger partial charge in [-0.25, -0.2) is 0 Å². The maximum Gasteiger partial charge on any atom is 0.205 e. The first-order valence-corrected chi connectivity index (χ1v) is 26.4. The number of hydrogen-bond acceptors (Lipinski definition) is 6. The molecule has 0 saturated carbocycles. The molecule has 0 fully saturated rings. The standard InChI is InChI=1S/C70H38N2O6/c1-9-25-53-39(17-1)43-35-63-45(41-19-3-11-27-57(41)73-63)33-55(43)71(53)65-37-51-67(77-65)70(49-23-7-15-31-61(49)76-62-32-16-8-24-50(62)70)52-38-66(78-68(52)69(51)47-21-5-13-29-59(47)75-60-30-14-6-22-48(60)69)72-54-26-10-2-18-40(54)44-36-64-46(34-56(44)72)42-20-4-12-28-58(42)74-64/h1-38H. The summed E-state index contributed by atoms with van der Waals surface area (Å²) in [6.45, 7) is 0. The van der Waals surface area contributed by atoms with E-state index in [1.165, 1.54) is 0 Å². The van der Waals surface area contributed by atoms with E-state index in [-0.39, 0.29) is 0 Å². The fourth-order valence-electron chi connectivity index (χ4n) is 14.2. The van der Waals surface area contributed by atoms with Crippen LogP contribution in [0.3, 0.4) is 0 Å². The van der Waals surface area contributed by atoms with Gasteiger partial charge in [0.15, 0.2) is 0 Å². The summed E-state index contributed by atoms with van der Waals surface area (Å²) in [5.74, 6) is 5.74. The number of furan rings is 4. The monoisotopic (exact) mass is 1000 g/mol. The number of para-hydroxylation sites is 8. The van der Waals surface area contributed by atoms with Crippen molar-refractivity contribution < 1.29 is 27.1 Å². The van der Waals surface area contributed by atoms with Gasteiger partial charge in [0.2, 0.25) is 11.8 Å². The third-order valence-electron chi connectivity index (χ3n) is 17.3. The highest BCUT2D eigenvalue weighted by Gasteiger charge is 2.63. The number of fused-ring (bicyclic) bond motifs is 26. The first kappa shape index (κ1) is 40.9. The molecule has 16 aromatic rings. The third-order valence-corrected chi connectivity index (χ3v) is 17.3. The summed E-state index contributed by atoms with van der Waals surface area (Å²) in [4.78, 5) is 0. The number of ether oxygens (including phenoxy) is 2. The first-order valence-electron chi connectivity index (χ1n) is 26.4. The Bertz CT molecular complexity index is 4850. The van der Waals surface area contributed by atoms with Crippen LogP contribution in [0.25, 0.3) is 99.3 Å². The van der Waals surface area contributed by atoms with Gasteiger partial charge in [0, 0.05) is 88.6 Å². The van der Waals surface area contributed by atoms with Crippen LogP contribution in [0, 0.1) is 0 Å². The lowest BCUT2D eigenvalue weighted by molar-refractivity contribution is 0.348. The van der Waals surface area contributed by atoms with Crippen LogP contribution in [-0.4, -0.2) is 9.13 Å². The second-order valence-corrected chi connectivity index (χ2v) is 21.0. The zero-order chi connectivity index (χ0) is 50.6. The highest BCUT2D eigenvalue weighted by molar-refractivity contribution is 6.18. The molecule has 1 aliphatic carbocycles. The number of aromatic nitrogens is 2. The molecule has 8 heterocycles. The lowest BCUT2D eigenvalue weighted by Crippen LogP contribution is -2.46. The molecule has 10 aromatic carbocycles.